The van der Waals surface area contributed by atoms with E-state index in [1.54, 1.807) is 11.3 Å². The number of aryl methyl sites for hydroxylation is 1. The third-order valence-corrected chi connectivity index (χ3v) is 5.07. The summed E-state index contributed by atoms with van der Waals surface area (Å²) in [7, 11) is 0. The van der Waals surface area contributed by atoms with Crippen LogP contribution < -0.4 is 0 Å². The van der Waals surface area contributed by atoms with Gasteiger partial charge in [0.2, 0.25) is 0 Å². The number of carbonyl (C=O) groups excluding carboxylic acids is 1. The number of rotatable bonds is 2. The van der Waals surface area contributed by atoms with Gasteiger partial charge in [-0.2, -0.15) is 0 Å². The topological polar surface area (TPSA) is 17.1 Å². The molecular weight excluding hydrogens is 204 g/mol. The second-order valence-electron chi connectivity index (χ2n) is 5.06. The predicted octanol–water partition coefficient (Wildman–Crippen LogP) is 3.68. The molecule has 0 saturated heterocycles. The van der Waals surface area contributed by atoms with Crippen molar-refractivity contribution in [2.24, 2.45) is 17.8 Å². The number of fused-ring (bicyclic) bond motifs is 2. The summed E-state index contributed by atoms with van der Waals surface area (Å²) < 4.78 is 0. The SMILES string of the molecule is Cc1ccc(C(=O)C2CC3CCC2C3)s1. The summed E-state index contributed by atoms with van der Waals surface area (Å²) in [6.45, 7) is 2.07. The third kappa shape index (κ3) is 1.55. The van der Waals surface area contributed by atoms with E-state index < -0.39 is 0 Å². The Morgan fingerprint density at radius 2 is 2.20 bits per heavy atom. The van der Waals surface area contributed by atoms with E-state index in [2.05, 4.69) is 13.0 Å². The molecule has 0 amide bonds. The van der Waals surface area contributed by atoms with Gasteiger partial charge in [0.25, 0.3) is 0 Å². The zero-order valence-corrected chi connectivity index (χ0v) is 9.85. The van der Waals surface area contributed by atoms with Crippen LogP contribution in [0.4, 0.5) is 0 Å². The molecule has 0 spiro atoms. The molecule has 2 heteroatoms. The van der Waals surface area contributed by atoms with Gasteiger partial charge in [0.15, 0.2) is 5.78 Å². The van der Waals surface area contributed by atoms with Crippen molar-refractivity contribution in [3.05, 3.63) is 21.9 Å². The van der Waals surface area contributed by atoms with Gasteiger partial charge < -0.3 is 0 Å². The molecule has 2 bridgehead atoms. The molecule has 3 atom stereocenters. The Bertz CT molecular complexity index is 393. The maximum absolute atomic E-state index is 12.3. The Morgan fingerprint density at radius 3 is 2.73 bits per heavy atom. The molecule has 15 heavy (non-hydrogen) atoms. The van der Waals surface area contributed by atoms with Gasteiger partial charge in [-0.05, 0) is 50.2 Å². The lowest BCUT2D eigenvalue weighted by Gasteiger charge is -2.19. The standard InChI is InChI=1S/C13H16OS/c1-8-2-5-12(15-8)13(14)11-7-9-3-4-10(11)6-9/h2,5,9-11H,3-4,6-7H2,1H3. The fourth-order valence-corrected chi connectivity index (χ4v) is 4.19. The van der Waals surface area contributed by atoms with E-state index in [0.717, 1.165) is 10.8 Å². The number of Topliss-reactive ketones (excluding diaryl/α,β-unsaturated/α-hetero) is 1. The molecule has 0 aliphatic heterocycles. The quantitative estimate of drug-likeness (QED) is 0.695. The number of carbonyl (C=O) groups is 1. The molecule has 1 nitrogen and oxygen atoms in total. The molecule has 0 radical (unpaired) electrons. The third-order valence-electron chi connectivity index (χ3n) is 4.06. The minimum absolute atomic E-state index is 0.363. The van der Waals surface area contributed by atoms with Crippen LogP contribution in [0.3, 0.4) is 0 Å². The molecule has 1 aromatic heterocycles. The van der Waals surface area contributed by atoms with E-state index in [1.807, 2.05) is 6.07 Å². The van der Waals surface area contributed by atoms with Gasteiger partial charge in [0, 0.05) is 10.8 Å². The Balaban J connectivity index is 1.81. The van der Waals surface area contributed by atoms with Crippen LogP contribution in [-0.4, -0.2) is 5.78 Å². The summed E-state index contributed by atoms with van der Waals surface area (Å²) in [5.41, 5.74) is 0. The second kappa shape index (κ2) is 3.44. The van der Waals surface area contributed by atoms with Gasteiger partial charge in [0.1, 0.15) is 0 Å². The van der Waals surface area contributed by atoms with Crippen LogP contribution in [0.15, 0.2) is 12.1 Å². The van der Waals surface area contributed by atoms with Gasteiger partial charge in [0.05, 0.1) is 4.88 Å². The number of thiophene rings is 1. The van der Waals surface area contributed by atoms with E-state index >= 15 is 0 Å². The van der Waals surface area contributed by atoms with Gasteiger partial charge >= 0.3 is 0 Å². The average molecular weight is 220 g/mol. The first-order chi connectivity index (χ1) is 7.24. The molecule has 1 heterocycles. The summed E-state index contributed by atoms with van der Waals surface area (Å²) in [4.78, 5) is 14.5. The van der Waals surface area contributed by atoms with Crippen LogP contribution in [-0.2, 0) is 0 Å². The highest BCUT2D eigenvalue weighted by molar-refractivity contribution is 7.14. The fraction of sp³-hybridized carbons (Fsp3) is 0.615. The zero-order chi connectivity index (χ0) is 10.4. The smallest absolute Gasteiger partial charge is 0.176 e. The largest absolute Gasteiger partial charge is 0.293 e. The van der Waals surface area contributed by atoms with Crippen LogP contribution in [0.2, 0.25) is 0 Å². The molecule has 3 unspecified atom stereocenters. The second-order valence-corrected chi connectivity index (χ2v) is 6.34. The molecular formula is C13H16OS. The Morgan fingerprint density at radius 1 is 1.33 bits per heavy atom. The molecule has 2 aliphatic carbocycles. The normalized spacial score (nSPS) is 33.5. The highest BCUT2D eigenvalue weighted by Crippen LogP contribution is 2.49. The highest BCUT2D eigenvalue weighted by Gasteiger charge is 2.43. The maximum atomic E-state index is 12.3. The number of hydrogen-bond acceptors (Lipinski definition) is 2. The van der Waals surface area contributed by atoms with Crippen molar-refractivity contribution in [3.63, 3.8) is 0 Å². The summed E-state index contributed by atoms with van der Waals surface area (Å²) >= 11 is 1.66. The fourth-order valence-electron chi connectivity index (χ4n) is 3.32. The Labute approximate surface area is 94.5 Å². The van der Waals surface area contributed by atoms with Gasteiger partial charge in [-0.25, -0.2) is 0 Å². The Kier molecular flexibility index (Phi) is 2.20. The molecule has 2 saturated carbocycles. The zero-order valence-electron chi connectivity index (χ0n) is 9.03. The highest BCUT2D eigenvalue weighted by atomic mass is 32.1. The molecule has 2 fully saturated rings. The van der Waals surface area contributed by atoms with Gasteiger partial charge in [-0.1, -0.05) is 6.42 Å². The van der Waals surface area contributed by atoms with Crippen LogP contribution in [0.25, 0.3) is 0 Å². The lowest BCUT2D eigenvalue weighted by atomic mass is 9.85. The van der Waals surface area contributed by atoms with Crippen LogP contribution in [0.1, 0.15) is 40.2 Å². The molecule has 80 valence electrons. The summed E-state index contributed by atoms with van der Waals surface area (Å²) in [6, 6.07) is 4.07. The van der Waals surface area contributed by atoms with E-state index in [0.29, 0.717) is 17.6 Å². The molecule has 3 rings (SSSR count). The van der Waals surface area contributed by atoms with Crippen molar-refractivity contribution in [3.8, 4) is 0 Å². The lowest BCUT2D eigenvalue weighted by Crippen LogP contribution is -2.20. The summed E-state index contributed by atoms with van der Waals surface area (Å²) in [5.74, 6) is 2.37. The number of hydrogen-bond donors (Lipinski definition) is 0. The molecule has 0 aromatic carbocycles. The number of ketones is 1. The average Bonchev–Trinajstić information content (AvgIpc) is 2.90. The van der Waals surface area contributed by atoms with Crippen molar-refractivity contribution in [1.29, 1.82) is 0 Å². The van der Waals surface area contributed by atoms with Crippen LogP contribution in [0.5, 0.6) is 0 Å². The minimum Gasteiger partial charge on any atom is -0.293 e. The van der Waals surface area contributed by atoms with E-state index in [9.17, 15) is 4.79 Å². The van der Waals surface area contributed by atoms with Crippen LogP contribution in [0, 0.1) is 24.7 Å². The van der Waals surface area contributed by atoms with Gasteiger partial charge in [-0.3, -0.25) is 4.79 Å². The lowest BCUT2D eigenvalue weighted by molar-refractivity contribution is 0.0879. The molecule has 2 aliphatic rings. The predicted molar refractivity (Wildman–Crippen MR) is 62.3 cm³/mol. The molecule has 1 aromatic rings. The summed E-state index contributed by atoms with van der Waals surface area (Å²) in [6.07, 6.45) is 5.16. The maximum Gasteiger partial charge on any atom is 0.176 e. The van der Waals surface area contributed by atoms with E-state index in [4.69, 9.17) is 0 Å². The van der Waals surface area contributed by atoms with Crippen LogP contribution >= 0.6 is 11.3 Å². The first-order valence-electron chi connectivity index (χ1n) is 5.84. The first kappa shape index (κ1) is 9.59. The van der Waals surface area contributed by atoms with E-state index in [1.165, 1.54) is 30.6 Å². The van der Waals surface area contributed by atoms with Crippen molar-refractivity contribution in [2.75, 3.05) is 0 Å². The first-order valence-corrected chi connectivity index (χ1v) is 6.66. The van der Waals surface area contributed by atoms with Gasteiger partial charge in [-0.15, -0.1) is 11.3 Å². The Hall–Kier alpha value is -0.630. The van der Waals surface area contributed by atoms with Crippen molar-refractivity contribution in [2.45, 2.75) is 32.6 Å². The van der Waals surface area contributed by atoms with Crippen molar-refractivity contribution < 1.29 is 4.79 Å². The minimum atomic E-state index is 0.363. The van der Waals surface area contributed by atoms with E-state index in [-0.39, 0.29) is 0 Å². The van der Waals surface area contributed by atoms with Crippen molar-refractivity contribution in [1.82, 2.24) is 0 Å². The summed E-state index contributed by atoms with van der Waals surface area (Å²) in [5, 5.41) is 0. The molecule has 0 N–H and O–H groups in total. The monoisotopic (exact) mass is 220 g/mol. The van der Waals surface area contributed by atoms with Crippen molar-refractivity contribution >= 4 is 17.1 Å².